The van der Waals surface area contributed by atoms with Crippen LogP contribution in [0.3, 0.4) is 0 Å². The van der Waals surface area contributed by atoms with Crippen LogP contribution in [0.15, 0.2) is 54.6 Å². The number of amides is 2. The maximum Gasteiger partial charge on any atom is 0.249 e. The van der Waals surface area contributed by atoms with Crippen molar-refractivity contribution in [1.82, 2.24) is 10.2 Å². The Labute approximate surface area is 160 Å². The van der Waals surface area contributed by atoms with E-state index in [1.165, 1.54) is 12.1 Å². The second kappa shape index (κ2) is 9.86. The smallest absolute Gasteiger partial charge is 0.249 e. The molecule has 0 aliphatic rings. The zero-order valence-electron chi connectivity index (χ0n) is 16.1. The van der Waals surface area contributed by atoms with Gasteiger partial charge in [-0.2, -0.15) is 0 Å². The van der Waals surface area contributed by atoms with E-state index >= 15 is 0 Å². The minimum Gasteiger partial charge on any atom is -0.341 e. The summed E-state index contributed by atoms with van der Waals surface area (Å²) in [6.45, 7) is 6.88. The van der Waals surface area contributed by atoms with Gasteiger partial charge < -0.3 is 10.2 Å². The molecule has 0 aromatic heterocycles. The number of benzene rings is 2. The molecule has 27 heavy (non-hydrogen) atoms. The number of rotatable bonds is 8. The Morgan fingerprint density at radius 2 is 1.52 bits per heavy atom. The van der Waals surface area contributed by atoms with Crippen LogP contribution in [0.5, 0.6) is 0 Å². The van der Waals surface area contributed by atoms with Gasteiger partial charge in [-0.3, -0.25) is 9.59 Å². The summed E-state index contributed by atoms with van der Waals surface area (Å²) >= 11 is 0. The lowest BCUT2D eigenvalue weighted by Gasteiger charge is -2.27. The molecule has 144 valence electrons. The molecule has 2 rings (SSSR count). The average molecular weight is 370 g/mol. The number of likely N-dealkylation sites (N-methyl/N-ethyl adjacent to an activating group) is 1. The Morgan fingerprint density at radius 1 is 0.926 bits per heavy atom. The predicted octanol–water partition coefficient (Wildman–Crippen LogP) is 4.05. The van der Waals surface area contributed by atoms with Crippen molar-refractivity contribution < 1.29 is 14.0 Å². The molecule has 0 saturated carbocycles. The largest absolute Gasteiger partial charge is 0.341 e. The topological polar surface area (TPSA) is 49.4 Å². The van der Waals surface area contributed by atoms with Crippen LogP contribution in [-0.2, 0) is 9.59 Å². The molecule has 2 aromatic carbocycles. The molecule has 0 radical (unpaired) electrons. The van der Waals surface area contributed by atoms with Crippen LogP contribution in [-0.4, -0.2) is 29.8 Å². The standard InChI is InChI=1S/C22H27FN2O2/c1-4-19(16-12-14-18(23)15-13-16)21(26)24-20(17-10-8-7-9-11-17)22(27)25(5-2)6-3/h7-15,19-20H,4-6H2,1-3H3,(H,24,26)/t19?,20-/m0/s1. The van der Waals surface area contributed by atoms with E-state index in [0.29, 0.717) is 19.5 Å². The van der Waals surface area contributed by atoms with E-state index in [2.05, 4.69) is 5.32 Å². The summed E-state index contributed by atoms with van der Waals surface area (Å²) in [7, 11) is 0. The van der Waals surface area contributed by atoms with Gasteiger partial charge in [0.1, 0.15) is 11.9 Å². The van der Waals surface area contributed by atoms with Crippen molar-refractivity contribution in [2.75, 3.05) is 13.1 Å². The van der Waals surface area contributed by atoms with E-state index in [9.17, 15) is 14.0 Å². The zero-order valence-corrected chi connectivity index (χ0v) is 16.1. The highest BCUT2D eigenvalue weighted by Crippen LogP contribution is 2.23. The van der Waals surface area contributed by atoms with Gasteiger partial charge >= 0.3 is 0 Å². The number of carbonyl (C=O) groups excluding carboxylic acids is 2. The highest BCUT2D eigenvalue weighted by atomic mass is 19.1. The summed E-state index contributed by atoms with van der Waals surface area (Å²) in [4.78, 5) is 27.7. The monoisotopic (exact) mass is 370 g/mol. The maximum atomic E-state index is 13.2. The number of hydrogen-bond acceptors (Lipinski definition) is 2. The van der Waals surface area contributed by atoms with Crippen LogP contribution >= 0.6 is 0 Å². The van der Waals surface area contributed by atoms with Crippen LogP contribution in [0.2, 0.25) is 0 Å². The van der Waals surface area contributed by atoms with Gasteiger partial charge in [0, 0.05) is 13.1 Å². The maximum absolute atomic E-state index is 13.2. The highest BCUT2D eigenvalue weighted by molar-refractivity contribution is 5.91. The molecular weight excluding hydrogens is 343 g/mol. The van der Waals surface area contributed by atoms with E-state index < -0.39 is 12.0 Å². The number of halogens is 1. The predicted molar refractivity (Wildman–Crippen MR) is 105 cm³/mol. The summed E-state index contributed by atoms with van der Waals surface area (Å²) in [5.41, 5.74) is 1.48. The number of nitrogens with one attached hydrogen (secondary N) is 1. The third-order valence-corrected chi connectivity index (χ3v) is 4.74. The molecule has 1 unspecified atom stereocenters. The second-order valence-corrected chi connectivity index (χ2v) is 6.38. The molecule has 2 amide bonds. The van der Waals surface area contributed by atoms with Crippen molar-refractivity contribution in [1.29, 1.82) is 0 Å². The van der Waals surface area contributed by atoms with Crippen LogP contribution in [0.25, 0.3) is 0 Å². The lowest BCUT2D eigenvalue weighted by molar-refractivity contribution is -0.136. The quantitative estimate of drug-likeness (QED) is 0.762. The lowest BCUT2D eigenvalue weighted by Crippen LogP contribution is -2.44. The minimum atomic E-state index is -0.743. The fourth-order valence-corrected chi connectivity index (χ4v) is 3.16. The van der Waals surface area contributed by atoms with E-state index in [4.69, 9.17) is 0 Å². The Morgan fingerprint density at radius 3 is 2.04 bits per heavy atom. The van der Waals surface area contributed by atoms with Gasteiger partial charge in [-0.05, 0) is 43.5 Å². The van der Waals surface area contributed by atoms with Crippen LogP contribution < -0.4 is 5.32 Å². The van der Waals surface area contributed by atoms with Crippen LogP contribution in [0, 0.1) is 5.82 Å². The first kappa shape index (κ1) is 20.6. The van der Waals surface area contributed by atoms with E-state index in [1.807, 2.05) is 51.1 Å². The summed E-state index contributed by atoms with van der Waals surface area (Å²) in [6.07, 6.45) is 0.554. The molecule has 0 heterocycles. The normalized spacial score (nSPS) is 12.9. The number of hydrogen-bond donors (Lipinski definition) is 1. The Bertz CT molecular complexity index is 743. The van der Waals surface area contributed by atoms with E-state index in [-0.39, 0.29) is 17.6 Å². The Kier molecular flexibility index (Phi) is 7.53. The molecular formula is C22H27FN2O2. The first-order chi connectivity index (χ1) is 13.0. The average Bonchev–Trinajstić information content (AvgIpc) is 2.69. The molecule has 4 nitrogen and oxygen atoms in total. The van der Waals surface area contributed by atoms with Crippen LogP contribution in [0.1, 0.15) is 50.3 Å². The SMILES string of the molecule is CCC(C(=O)N[C@H](C(=O)N(CC)CC)c1ccccc1)c1ccc(F)cc1. The van der Waals surface area contributed by atoms with Gasteiger partial charge in [0.25, 0.3) is 0 Å². The molecule has 0 aliphatic carbocycles. The van der Waals surface area contributed by atoms with Gasteiger partial charge in [0.2, 0.25) is 11.8 Å². The third kappa shape index (κ3) is 5.16. The summed E-state index contributed by atoms with van der Waals surface area (Å²) < 4.78 is 13.2. The Balaban J connectivity index is 2.29. The van der Waals surface area contributed by atoms with Crippen molar-refractivity contribution in [2.24, 2.45) is 0 Å². The van der Waals surface area contributed by atoms with Crippen LogP contribution in [0.4, 0.5) is 4.39 Å². The van der Waals surface area contributed by atoms with E-state index in [0.717, 1.165) is 11.1 Å². The summed E-state index contributed by atoms with van der Waals surface area (Å²) in [5.74, 6) is -1.15. The highest BCUT2D eigenvalue weighted by Gasteiger charge is 2.29. The summed E-state index contributed by atoms with van der Waals surface area (Å²) in [5, 5.41) is 2.92. The molecule has 2 aromatic rings. The van der Waals surface area contributed by atoms with Gasteiger partial charge in [0.05, 0.1) is 5.92 Å². The lowest BCUT2D eigenvalue weighted by atomic mass is 9.94. The molecule has 0 fully saturated rings. The fraction of sp³-hybridized carbons (Fsp3) is 0.364. The molecule has 1 N–H and O–H groups in total. The zero-order chi connectivity index (χ0) is 19.8. The van der Waals surface area contributed by atoms with E-state index in [1.54, 1.807) is 17.0 Å². The summed E-state index contributed by atoms with van der Waals surface area (Å²) in [6, 6.07) is 14.4. The van der Waals surface area contributed by atoms with Gasteiger partial charge in [0.15, 0.2) is 0 Å². The Hall–Kier alpha value is -2.69. The first-order valence-corrected chi connectivity index (χ1v) is 9.41. The van der Waals surface area contributed by atoms with Gasteiger partial charge in [-0.1, -0.05) is 49.4 Å². The van der Waals surface area contributed by atoms with Crippen molar-refractivity contribution in [3.63, 3.8) is 0 Å². The number of nitrogens with zero attached hydrogens (tertiary/aromatic N) is 1. The molecule has 0 saturated heterocycles. The first-order valence-electron chi connectivity index (χ1n) is 9.41. The molecule has 0 aliphatic heterocycles. The van der Waals surface area contributed by atoms with Crippen molar-refractivity contribution in [3.8, 4) is 0 Å². The van der Waals surface area contributed by atoms with Crippen molar-refractivity contribution >= 4 is 11.8 Å². The van der Waals surface area contributed by atoms with Gasteiger partial charge in [-0.25, -0.2) is 4.39 Å². The fourth-order valence-electron chi connectivity index (χ4n) is 3.16. The molecule has 0 bridgehead atoms. The van der Waals surface area contributed by atoms with Crippen molar-refractivity contribution in [2.45, 2.75) is 39.2 Å². The van der Waals surface area contributed by atoms with Crippen molar-refractivity contribution in [3.05, 3.63) is 71.5 Å². The molecule has 2 atom stereocenters. The second-order valence-electron chi connectivity index (χ2n) is 6.38. The molecule has 0 spiro atoms. The minimum absolute atomic E-state index is 0.131. The van der Waals surface area contributed by atoms with Gasteiger partial charge in [-0.15, -0.1) is 0 Å². The third-order valence-electron chi connectivity index (χ3n) is 4.74. The molecule has 5 heteroatoms. The number of carbonyl (C=O) groups is 2.